The molecule has 0 unspecified atom stereocenters. The molecule has 0 aliphatic heterocycles. The van der Waals surface area contributed by atoms with Crippen LogP contribution in [0.5, 0.6) is 0 Å². The monoisotopic (exact) mass is 402 g/mol. The fourth-order valence-electron chi connectivity index (χ4n) is 2.12. The van der Waals surface area contributed by atoms with E-state index in [1.165, 1.54) is 0 Å². The van der Waals surface area contributed by atoms with E-state index in [0.717, 1.165) is 11.1 Å². The molecule has 3 rings (SSSR count). The van der Waals surface area contributed by atoms with E-state index >= 15 is 0 Å². The Balaban J connectivity index is 2.16. The maximum atomic E-state index is 6.05. The highest BCUT2D eigenvalue weighted by Crippen LogP contribution is 2.31. The van der Waals surface area contributed by atoms with Crippen LogP contribution in [0, 0.1) is 0 Å². The summed E-state index contributed by atoms with van der Waals surface area (Å²) in [6.07, 6.45) is 0. The van der Waals surface area contributed by atoms with Crippen molar-refractivity contribution in [1.29, 1.82) is 0 Å². The van der Waals surface area contributed by atoms with E-state index in [4.69, 9.17) is 58.0 Å². The Labute approximate surface area is 158 Å². The first-order valence-electron chi connectivity index (χ1n) is 6.38. The Kier molecular flexibility index (Phi) is 5.00. The molecule has 1 heterocycles. The fraction of sp³-hybridized carbons (Fsp3) is 0. The van der Waals surface area contributed by atoms with Crippen molar-refractivity contribution in [2.45, 2.75) is 0 Å². The van der Waals surface area contributed by atoms with Crippen molar-refractivity contribution in [2.24, 2.45) is 0 Å². The second kappa shape index (κ2) is 6.84. The predicted octanol–water partition coefficient (Wildman–Crippen LogP) is 7.08. The van der Waals surface area contributed by atoms with E-state index in [2.05, 4.69) is 9.97 Å². The largest absolute Gasteiger partial charge is 0.223 e. The van der Waals surface area contributed by atoms with Gasteiger partial charge in [0.1, 0.15) is 0 Å². The molecule has 0 aliphatic rings. The van der Waals surface area contributed by atoms with Crippen LogP contribution in [-0.2, 0) is 0 Å². The van der Waals surface area contributed by atoms with Gasteiger partial charge in [-0.1, -0.05) is 46.4 Å². The third-order valence-corrected chi connectivity index (χ3v) is 4.06. The normalized spacial score (nSPS) is 10.8. The predicted molar refractivity (Wildman–Crippen MR) is 98.0 cm³/mol. The molecule has 1 aromatic heterocycles. The van der Waals surface area contributed by atoms with Crippen molar-refractivity contribution in [3.05, 3.63) is 67.8 Å². The van der Waals surface area contributed by atoms with Gasteiger partial charge in [-0.05, 0) is 54.1 Å². The van der Waals surface area contributed by atoms with Crippen molar-refractivity contribution in [2.75, 3.05) is 0 Å². The van der Waals surface area contributed by atoms with Gasteiger partial charge in [0.2, 0.25) is 5.28 Å². The molecule has 2 aromatic carbocycles. The molecular weight excluding hydrogens is 397 g/mol. The van der Waals surface area contributed by atoms with Crippen LogP contribution in [-0.4, -0.2) is 9.97 Å². The fourth-order valence-corrected chi connectivity index (χ4v) is 3.35. The number of hydrogen-bond acceptors (Lipinski definition) is 2. The van der Waals surface area contributed by atoms with Gasteiger partial charge in [-0.15, -0.1) is 0 Å². The summed E-state index contributed by atoms with van der Waals surface area (Å²) < 4.78 is 0. The molecule has 116 valence electrons. The lowest BCUT2D eigenvalue weighted by Gasteiger charge is -2.08. The highest BCUT2D eigenvalue weighted by Gasteiger charge is 2.10. The van der Waals surface area contributed by atoms with Crippen molar-refractivity contribution in [1.82, 2.24) is 9.97 Å². The summed E-state index contributed by atoms with van der Waals surface area (Å²) in [5.74, 6) is 0. The van der Waals surface area contributed by atoms with Crippen LogP contribution in [0.2, 0.25) is 25.4 Å². The second-order valence-corrected chi connectivity index (χ2v) is 6.81. The Hall–Kier alpha value is -1.03. The van der Waals surface area contributed by atoms with Crippen LogP contribution >= 0.6 is 58.0 Å². The Bertz CT molecular complexity index is 785. The molecule has 0 radical (unpaired) electrons. The molecule has 3 aromatic rings. The van der Waals surface area contributed by atoms with Crippen LogP contribution in [0.1, 0.15) is 0 Å². The van der Waals surface area contributed by atoms with Gasteiger partial charge in [-0.25, -0.2) is 9.97 Å². The molecule has 0 spiro atoms. The van der Waals surface area contributed by atoms with Crippen molar-refractivity contribution >= 4 is 58.0 Å². The average molecular weight is 405 g/mol. The van der Waals surface area contributed by atoms with E-state index in [9.17, 15) is 0 Å². The third-order valence-electron chi connectivity index (χ3n) is 3.02. The molecular formula is C16H7Cl5N2. The lowest BCUT2D eigenvalue weighted by atomic mass is 10.1. The second-order valence-electron chi connectivity index (χ2n) is 4.72. The Morgan fingerprint density at radius 1 is 0.478 bits per heavy atom. The number of halogens is 5. The maximum Gasteiger partial charge on any atom is 0.223 e. The van der Waals surface area contributed by atoms with Gasteiger partial charge in [-0.3, -0.25) is 0 Å². The molecule has 0 N–H and O–H groups in total. The lowest BCUT2D eigenvalue weighted by Crippen LogP contribution is -1.92. The van der Waals surface area contributed by atoms with Crippen LogP contribution in [0.25, 0.3) is 22.5 Å². The van der Waals surface area contributed by atoms with Gasteiger partial charge in [0.25, 0.3) is 0 Å². The Morgan fingerprint density at radius 3 is 1.17 bits per heavy atom. The summed E-state index contributed by atoms with van der Waals surface area (Å²) in [7, 11) is 0. The molecule has 0 aliphatic carbocycles. The highest BCUT2D eigenvalue weighted by atomic mass is 35.5. The van der Waals surface area contributed by atoms with Crippen LogP contribution < -0.4 is 0 Å². The summed E-state index contributed by atoms with van der Waals surface area (Å²) in [6, 6.07) is 12.1. The summed E-state index contributed by atoms with van der Waals surface area (Å²) in [4.78, 5) is 8.46. The van der Waals surface area contributed by atoms with Crippen LogP contribution in [0.4, 0.5) is 0 Å². The van der Waals surface area contributed by atoms with Gasteiger partial charge >= 0.3 is 0 Å². The zero-order valence-corrected chi connectivity index (χ0v) is 15.1. The zero-order chi connectivity index (χ0) is 16.6. The van der Waals surface area contributed by atoms with Crippen molar-refractivity contribution in [3.63, 3.8) is 0 Å². The number of benzene rings is 2. The third kappa shape index (κ3) is 4.09. The molecule has 0 amide bonds. The van der Waals surface area contributed by atoms with E-state index in [0.29, 0.717) is 31.5 Å². The first kappa shape index (κ1) is 16.8. The molecule has 0 saturated heterocycles. The minimum Gasteiger partial charge on any atom is -0.218 e. The van der Waals surface area contributed by atoms with Gasteiger partial charge in [0.15, 0.2) is 0 Å². The van der Waals surface area contributed by atoms with Gasteiger partial charge < -0.3 is 0 Å². The Morgan fingerprint density at radius 2 is 0.826 bits per heavy atom. The molecule has 7 heteroatoms. The van der Waals surface area contributed by atoms with E-state index in [-0.39, 0.29) is 5.28 Å². The minimum atomic E-state index is 0.102. The van der Waals surface area contributed by atoms with Gasteiger partial charge in [0.05, 0.1) is 11.4 Å². The SMILES string of the molecule is Clc1cc(Cl)cc(-c2cc(-c3cc(Cl)cc(Cl)c3)nc(Cl)n2)c1. The zero-order valence-electron chi connectivity index (χ0n) is 11.3. The van der Waals surface area contributed by atoms with Gasteiger partial charge in [-0.2, -0.15) is 0 Å². The van der Waals surface area contributed by atoms with Gasteiger partial charge in [0, 0.05) is 31.2 Å². The highest BCUT2D eigenvalue weighted by molar-refractivity contribution is 6.35. The summed E-state index contributed by atoms with van der Waals surface area (Å²) in [5, 5.41) is 2.14. The lowest BCUT2D eigenvalue weighted by molar-refractivity contribution is 1.18. The first-order chi connectivity index (χ1) is 10.9. The number of hydrogen-bond donors (Lipinski definition) is 0. The van der Waals surface area contributed by atoms with E-state index in [1.54, 1.807) is 42.5 Å². The minimum absolute atomic E-state index is 0.102. The quantitative estimate of drug-likeness (QED) is 0.427. The summed E-state index contributed by atoms with van der Waals surface area (Å²) >= 11 is 30.2. The molecule has 0 saturated carbocycles. The van der Waals surface area contributed by atoms with Crippen LogP contribution in [0.15, 0.2) is 42.5 Å². The molecule has 0 bridgehead atoms. The topological polar surface area (TPSA) is 25.8 Å². The average Bonchev–Trinajstić information content (AvgIpc) is 2.44. The first-order valence-corrected chi connectivity index (χ1v) is 8.27. The molecule has 0 fully saturated rings. The molecule has 2 nitrogen and oxygen atoms in total. The smallest absolute Gasteiger partial charge is 0.218 e. The van der Waals surface area contributed by atoms with Crippen molar-refractivity contribution < 1.29 is 0 Å². The van der Waals surface area contributed by atoms with E-state index < -0.39 is 0 Å². The summed E-state index contributed by atoms with van der Waals surface area (Å²) in [6.45, 7) is 0. The van der Waals surface area contributed by atoms with E-state index in [1.807, 2.05) is 0 Å². The van der Waals surface area contributed by atoms with Crippen molar-refractivity contribution in [3.8, 4) is 22.5 Å². The number of nitrogens with zero attached hydrogens (tertiary/aromatic N) is 2. The number of rotatable bonds is 2. The summed E-state index contributed by atoms with van der Waals surface area (Å²) in [5.41, 5.74) is 2.67. The maximum absolute atomic E-state index is 6.05. The van der Waals surface area contributed by atoms with Crippen LogP contribution in [0.3, 0.4) is 0 Å². The number of aromatic nitrogens is 2. The standard InChI is InChI=1S/C16H7Cl5N2/c17-10-1-8(2-11(18)5-10)14-7-15(23-16(21)22-14)9-3-12(19)6-13(20)4-9/h1-7H. The molecule has 23 heavy (non-hydrogen) atoms. The molecule has 0 atom stereocenters.